The van der Waals surface area contributed by atoms with Gasteiger partial charge >= 0.3 is 5.97 Å². The number of carbonyl (C=O) groups is 5. The summed E-state index contributed by atoms with van der Waals surface area (Å²) in [4.78, 5) is 61.0. The van der Waals surface area contributed by atoms with Gasteiger partial charge in [0.05, 0.1) is 0 Å². The molecular weight excluding hydrogens is 380 g/mol. The molecule has 4 N–H and O–H groups in total. The molecule has 4 amide bonds. The van der Waals surface area contributed by atoms with E-state index in [0.29, 0.717) is 19.5 Å². The second-order valence-corrected chi connectivity index (χ2v) is 7.25. The summed E-state index contributed by atoms with van der Waals surface area (Å²) in [7, 11) is 0. The number of carboxylic acid groups (broad SMARTS) is 1. The quantitative estimate of drug-likeness (QED) is 0.369. The Morgan fingerprint density at radius 3 is 2.38 bits per heavy atom. The Kier molecular flexibility index (Phi) is 10.1. The molecule has 1 heterocycles. The number of nitrogens with zero attached hydrogens (tertiary/aromatic N) is 1. The van der Waals surface area contributed by atoms with Gasteiger partial charge in [0.25, 0.3) is 0 Å². The van der Waals surface area contributed by atoms with Crippen LogP contribution in [-0.2, 0) is 24.0 Å². The second-order valence-electron chi connectivity index (χ2n) is 7.25. The Morgan fingerprint density at radius 2 is 1.76 bits per heavy atom. The zero-order valence-corrected chi connectivity index (χ0v) is 17.3. The zero-order valence-electron chi connectivity index (χ0n) is 17.3. The van der Waals surface area contributed by atoms with Crippen LogP contribution in [0, 0.1) is 0 Å². The van der Waals surface area contributed by atoms with E-state index in [1.54, 1.807) is 6.92 Å². The highest BCUT2D eigenvalue weighted by molar-refractivity contribution is 5.94. The molecule has 0 spiro atoms. The van der Waals surface area contributed by atoms with Gasteiger partial charge in [-0.3, -0.25) is 24.0 Å². The topological polar surface area (TPSA) is 145 Å². The van der Waals surface area contributed by atoms with Crippen molar-refractivity contribution < 1.29 is 29.1 Å². The maximum Gasteiger partial charge on any atom is 0.303 e. The highest BCUT2D eigenvalue weighted by Crippen LogP contribution is 2.18. The van der Waals surface area contributed by atoms with E-state index >= 15 is 0 Å². The predicted octanol–water partition coefficient (Wildman–Crippen LogP) is -0.232. The number of carbonyl (C=O) groups excluding carboxylic acids is 4. The van der Waals surface area contributed by atoms with Crippen molar-refractivity contribution in [2.24, 2.45) is 0 Å². The zero-order chi connectivity index (χ0) is 22.0. The van der Waals surface area contributed by atoms with Crippen LogP contribution in [0.5, 0.6) is 0 Å². The van der Waals surface area contributed by atoms with Gasteiger partial charge in [-0.1, -0.05) is 6.92 Å². The summed E-state index contributed by atoms with van der Waals surface area (Å²) in [5, 5.41) is 16.4. The lowest BCUT2D eigenvalue weighted by Crippen LogP contribution is -2.55. The van der Waals surface area contributed by atoms with Gasteiger partial charge in [-0.05, 0) is 39.5 Å². The highest BCUT2D eigenvalue weighted by atomic mass is 16.4. The van der Waals surface area contributed by atoms with Crippen molar-refractivity contribution in [3.05, 3.63) is 0 Å². The molecule has 0 radical (unpaired) electrons. The Bertz CT molecular complexity index is 624. The SMILES string of the molecule is CCCNC(=O)[C@@H]1CCCN1C(=O)[C@H](C)NC(=O)[C@H](C)NC(=O)CCCC(=O)O. The van der Waals surface area contributed by atoms with E-state index in [-0.39, 0.29) is 31.1 Å². The third kappa shape index (κ3) is 8.08. The Labute approximate surface area is 170 Å². The summed E-state index contributed by atoms with van der Waals surface area (Å²) >= 11 is 0. The molecule has 0 aliphatic carbocycles. The van der Waals surface area contributed by atoms with E-state index in [2.05, 4.69) is 16.0 Å². The fraction of sp³-hybridized carbons (Fsp3) is 0.737. The largest absolute Gasteiger partial charge is 0.481 e. The van der Waals surface area contributed by atoms with Crippen molar-refractivity contribution in [1.82, 2.24) is 20.9 Å². The normalized spacial score (nSPS) is 17.9. The summed E-state index contributed by atoms with van der Waals surface area (Å²) in [6.45, 7) is 5.98. The monoisotopic (exact) mass is 412 g/mol. The van der Waals surface area contributed by atoms with E-state index in [1.165, 1.54) is 11.8 Å². The van der Waals surface area contributed by atoms with Crippen molar-refractivity contribution >= 4 is 29.6 Å². The Hall–Kier alpha value is -2.65. The van der Waals surface area contributed by atoms with Crippen molar-refractivity contribution in [2.45, 2.75) is 77.4 Å². The molecule has 0 aromatic rings. The van der Waals surface area contributed by atoms with Gasteiger partial charge in [0.2, 0.25) is 23.6 Å². The molecular formula is C19H32N4O6. The average Bonchev–Trinajstić information content (AvgIpc) is 3.14. The number of nitrogens with one attached hydrogen (secondary N) is 3. The third-order valence-electron chi connectivity index (χ3n) is 4.68. The summed E-state index contributed by atoms with van der Waals surface area (Å²) in [5.41, 5.74) is 0. The van der Waals surface area contributed by atoms with Gasteiger partial charge in [0.15, 0.2) is 0 Å². The van der Waals surface area contributed by atoms with E-state index in [4.69, 9.17) is 5.11 Å². The smallest absolute Gasteiger partial charge is 0.303 e. The number of hydrogen-bond donors (Lipinski definition) is 4. The van der Waals surface area contributed by atoms with Crippen molar-refractivity contribution in [1.29, 1.82) is 0 Å². The molecule has 164 valence electrons. The van der Waals surface area contributed by atoms with E-state index in [9.17, 15) is 24.0 Å². The van der Waals surface area contributed by atoms with Crippen LogP contribution in [-0.4, -0.2) is 70.8 Å². The minimum absolute atomic E-state index is 0.000728. The van der Waals surface area contributed by atoms with Crippen LogP contribution in [0.2, 0.25) is 0 Å². The lowest BCUT2D eigenvalue weighted by atomic mass is 10.1. The average molecular weight is 412 g/mol. The highest BCUT2D eigenvalue weighted by Gasteiger charge is 2.36. The number of hydrogen-bond acceptors (Lipinski definition) is 5. The fourth-order valence-corrected chi connectivity index (χ4v) is 3.10. The van der Waals surface area contributed by atoms with Crippen LogP contribution in [0.15, 0.2) is 0 Å². The van der Waals surface area contributed by atoms with E-state index < -0.39 is 35.9 Å². The minimum atomic E-state index is -0.987. The van der Waals surface area contributed by atoms with Crippen LogP contribution in [0.4, 0.5) is 0 Å². The van der Waals surface area contributed by atoms with E-state index in [1.807, 2.05) is 6.92 Å². The number of aliphatic carboxylic acids is 1. The molecule has 10 nitrogen and oxygen atoms in total. The Balaban J connectivity index is 2.51. The van der Waals surface area contributed by atoms with Gasteiger partial charge in [0, 0.05) is 25.9 Å². The van der Waals surface area contributed by atoms with Crippen molar-refractivity contribution in [2.75, 3.05) is 13.1 Å². The molecule has 0 aromatic heterocycles. The molecule has 10 heteroatoms. The first-order valence-corrected chi connectivity index (χ1v) is 10.1. The first-order valence-electron chi connectivity index (χ1n) is 10.1. The fourth-order valence-electron chi connectivity index (χ4n) is 3.10. The molecule has 0 saturated carbocycles. The molecule has 3 atom stereocenters. The summed E-state index contributed by atoms with van der Waals surface area (Å²) in [5.74, 6) is -2.46. The van der Waals surface area contributed by atoms with Crippen molar-refractivity contribution in [3.8, 4) is 0 Å². The third-order valence-corrected chi connectivity index (χ3v) is 4.68. The van der Waals surface area contributed by atoms with Crippen LogP contribution >= 0.6 is 0 Å². The number of rotatable bonds is 11. The number of likely N-dealkylation sites (tertiary alicyclic amines) is 1. The van der Waals surface area contributed by atoms with Crippen LogP contribution < -0.4 is 16.0 Å². The first-order chi connectivity index (χ1) is 13.7. The first kappa shape index (κ1) is 24.4. The van der Waals surface area contributed by atoms with Gasteiger partial charge in [-0.2, -0.15) is 0 Å². The molecule has 1 aliphatic heterocycles. The predicted molar refractivity (Wildman–Crippen MR) is 105 cm³/mol. The Morgan fingerprint density at radius 1 is 1.07 bits per heavy atom. The van der Waals surface area contributed by atoms with Crippen LogP contribution in [0.1, 0.15) is 59.3 Å². The van der Waals surface area contributed by atoms with Gasteiger partial charge in [0.1, 0.15) is 18.1 Å². The van der Waals surface area contributed by atoms with Crippen molar-refractivity contribution in [3.63, 3.8) is 0 Å². The molecule has 1 aliphatic rings. The molecule has 1 rings (SSSR count). The maximum atomic E-state index is 12.7. The van der Waals surface area contributed by atoms with Gasteiger partial charge in [-0.15, -0.1) is 0 Å². The number of amides is 4. The van der Waals surface area contributed by atoms with Gasteiger partial charge < -0.3 is 26.0 Å². The van der Waals surface area contributed by atoms with Gasteiger partial charge in [-0.25, -0.2) is 0 Å². The molecule has 1 fully saturated rings. The number of carboxylic acids is 1. The second kappa shape index (κ2) is 12.0. The van der Waals surface area contributed by atoms with E-state index in [0.717, 1.165) is 12.8 Å². The standard InChI is InChI=1S/C19H32N4O6/c1-4-10-20-18(28)14-7-6-11-23(14)19(29)13(3)22-17(27)12(2)21-15(24)8-5-9-16(25)26/h12-14H,4-11H2,1-3H3,(H,20,28)(H,21,24)(H,22,27)(H,25,26)/t12-,13-,14-/m0/s1. The molecule has 0 unspecified atom stereocenters. The molecule has 0 aromatic carbocycles. The summed E-state index contributed by atoms with van der Waals surface area (Å²) < 4.78 is 0. The lowest BCUT2D eigenvalue weighted by molar-refractivity contribution is -0.141. The molecule has 1 saturated heterocycles. The molecule has 29 heavy (non-hydrogen) atoms. The summed E-state index contributed by atoms with van der Waals surface area (Å²) in [6.07, 6.45) is 2.17. The lowest BCUT2D eigenvalue weighted by Gasteiger charge is -2.27. The van der Waals surface area contributed by atoms with Crippen LogP contribution in [0.3, 0.4) is 0 Å². The minimum Gasteiger partial charge on any atom is -0.481 e. The molecule has 0 bridgehead atoms. The maximum absolute atomic E-state index is 12.7. The van der Waals surface area contributed by atoms with Crippen LogP contribution in [0.25, 0.3) is 0 Å². The summed E-state index contributed by atoms with van der Waals surface area (Å²) in [6, 6.07) is -2.24.